The summed E-state index contributed by atoms with van der Waals surface area (Å²) in [6, 6.07) is -0.647. The van der Waals surface area contributed by atoms with Crippen LogP contribution >= 0.6 is 11.8 Å². The summed E-state index contributed by atoms with van der Waals surface area (Å²) in [5.41, 5.74) is 0. The average Bonchev–Trinajstić information content (AvgIpc) is 2.50. The summed E-state index contributed by atoms with van der Waals surface area (Å²) in [4.78, 5) is 10.8. The van der Waals surface area contributed by atoms with Crippen LogP contribution in [0.5, 0.6) is 0 Å². The van der Waals surface area contributed by atoms with E-state index in [1.54, 1.807) is 0 Å². The second-order valence-electron chi connectivity index (χ2n) is 2.13. The Balaban J connectivity index is 2.69. The molecule has 0 radical (unpaired) electrons. The summed E-state index contributed by atoms with van der Waals surface area (Å²) < 4.78 is 36.0. The van der Waals surface area contributed by atoms with Crippen molar-refractivity contribution >= 4 is 22.8 Å². The van der Waals surface area contributed by atoms with Crippen LogP contribution in [0.3, 0.4) is 0 Å². The standard InChI is InChI=1S/C5H6F3N3OS/c1-9-4(12)11-2-13-3(10-11)5(6,7)8/h2H2,1H3,(H,9,12). The lowest BCUT2D eigenvalue weighted by atomic mass is 10.7. The van der Waals surface area contributed by atoms with Gasteiger partial charge in [0, 0.05) is 7.05 Å². The molecule has 0 fully saturated rings. The Bertz CT molecular complexity index is 252. The maximum Gasteiger partial charge on any atom is 0.441 e. The molecule has 1 N–H and O–H groups in total. The van der Waals surface area contributed by atoms with Crippen LogP contribution in [0.15, 0.2) is 5.10 Å². The Morgan fingerprint density at radius 3 is 2.69 bits per heavy atom. The molecule has 13 heavy (non-hydrogen) atoms. The Morgan fingerprint density at radius 1 is 1.69 bits per heavy atom. The van der Waals surface area contributed by atoms with Gasteiger partial charge in [-0.3, -0.25) is 0 Å². The number of carbonyl (C=O) groups excluding carboxylic acids is 1. The molecule has 1 heterocycles. The number of amides is 2. The van der Waals surface area contributed by atoms with Crippen LogP contribution in [0.25, 0.3) is 0 Å². The van der Waals surface area contributed by atoms with Crippen molar-refractivity contribution in [1.82, 2.24) is 10.3 Å². The van der Waals surface area contributed by atoms with Gasteiger partial charge >= 0.3 is 12.2 Å². The molecule has 0 atom stereocenters. The third-order valence-corrected chi connectivity index (χ3v) is 2.19. The van der Waals surface area contributed by atoms with Crippen LogP contribution in [0.4, 0.5) is 18.0 Å². The summed E-state index contributed by atoms with van der Waals surface area (Å²) in [6.45, 7) is 0. The summed E-state index contributed by atoms with van der Waals surface area (Å²) >= 11 is 0.491. The van der Waals surface area contributed by atoms with E-state index in [1.807, 2.05) is 0 Å². The van der Waals surface area contributed by atoms with Crippen LogP contribution in [-0.2, 0) is 0 Å². The Hall–Kier alpha value is -0.920. The third kappa shape index (κ3) is 2.27. The quantitative estimate of drug-likeness (QED) is 0.657. The topological polar surface area (TPSA) is 44.7 Å². The van der Waals surface area contributed by atoms with Gasteiger partial charge in [0.2, 0.25) is 0 Å². The number of thioether (sulfide) groups is 1. The second-order valence-corrected chi connectivity index (χ2v) is 3.06. The minimum atomic E-state index is -4.46. The van der Waals surface area contributed by atoms with E-state index in [9.17, 15) is 18.0 Å². The molecule has 4 nitrogen and oxygen atoms in total. The van der Waals surface area contributed by atoms with Crippen molar-refractivity contribution in [2.45, 2.75) is 6.18 Å². The molecule has 0 unspecified atom stereocenters. The van der Waals surface area contributed by atoms with Gasteiger partial charge in [0.25, 0.3) is 0 Å². The van der Waals surface area contributed by atoms with E-state index < -0.39 is 17.3 Å². The highest BCUT2D eigenvalue weighted by Gasteiger charge is 2.40. The largest absolute Gasteiger partial charge is 0.441 e. The lowest BCUT2D eigenvalue weighted by Gasteiger charge is -2.08. The maximum absolute atomic E-state index is 12.0. The van der Waals surface area contributed by atoms with Crippen molar-refractivity contribution in [2.24, 2.45) is 5.10 Å². The first kappa shape index (κ1) is 10.2. The molecule has 0 aliphatic carbocycles. The van der Waals surface area contributed by atoms with Gasteiger partial charge in [-0.15, -0.1) is 0 Å². The number of hydrogen-bond donors (Lipinski definition) is 1. The van der Waals surface area contributed by atoms with Crippen LogP contribution in [0, 0.1) is 0 Å². The molecule has 0 saturated heterocycles. The van der Waals surface area contributed by atoms with E-state index in [2.05, 4.69) is 10.4 Å². The smallest absolute Gasteiger partial charge is 0.340 e. The first-order chi connectivity index (χ1) is 5.95. The monoisotopic (exact) mass is 213 g/mol. The highest BCUT2D eigenvalue weighted by molar-refractivity contribution is 8.14. The van der Waals surface area contributed by atoms with E-state index in [4.69, 9.17) is 0 Å². The molecular weight excluding hydrogens is 207 g/mol. The second kappa shape index (κ2) is 3.44. The fourth-order valence-electron chi connectivity index (χ4n) is 0.661. The molecule has 0 saturated carbocycles. The van der Waals surface area contributed by atoms with Crippen molar-refractivity contribution in [2.75, 3.05) is 12.9 Å². The first-order valence-corrected chi connectivity index (χ1v) is 4.21. The number of hydrazone groups is 1. The van der Waals surface area contributed by atoms with E-state index in [-0.39, 0.29) is 5.88 Å². The third-order valence-electron chi connectivity index (χ3n) is 1.23. The van der Waals surface area contributed by atoms with Gasteiger partial charge < -0.3 is 5.32 Å². The zero-order chi connectivity index (χ0) is 10.1. The molecular formula is C5H6F3N3OS. The zero-order valence-corrected chi connectivity index (χ0v) is 7.37. The number of alkyl halides is 3. The predicted molar refractivity (Wildman–Crippen MR) is 42.2 cm³/mol. The Morgan fingerprint density at radius 2 is 2.31 bits per heavy atom. The molecule has 0 aromatic carbocycles. The summed E-state index contributed by atoms with van der Waals surface area (Å²) in [5, 5.41) is 5.02. The average molecular weight is 213 g/mol. The van der Waals surface area contributed by atoms with E-state index in [0.29, 0.717) is 11.8 Å². The maximum atomic E-state index is 12.0. The van der Waals surface area contributed by atoms with Crippen LogP contribution < -0.4 is 5.32 Å². The van der Waals surface area contributed by atoms with Crippen molar-refractivity contribution < 1.29 is 18.0 Å². The fourth-order valence-corrected chi connectivity index (χ4v) is 1.40. The van der Waals surface area contributed by atoms with E-state index in [1.165, 1.54) is 7.05 Å². The molecule has 0 spiro atoms. The summed E-state index contributed by atoms with van der Waals surface area (Å²) in [7, 11) is 1.33. The summed E-state index contributed by atoms with van der Waals surface area (Å²) in [6.07, 6.45) is -4.46. The number of hydrogen-bond acceptors (Lipinski definition) is 3. The first-order valence-electron chi connectivity index (χ1n) is 3.23. The van der Waals surface area contributed by atoms with Crippen molar-refractivity contribution in [3.05, 3.63) is 0 Å². The molecule has 0 aromatic heterocycles. The number of urea groups is 1. The Kier molecular flexibility index (Phi) is 2.69. The molecule has 2 amide bonds. The molecule has 8 heteroatoms. The van der Waals surface area contributed by atoms with E-state index >= 15 is 0 Å². The van der Waals surface area contributed by atoms with Gasteiger partial charge in [-0.2, -0.15) is 18.3 Å². The number of nitrogens with zero attached hydrogens (tertiary/aromatic N) is 2. The fraction of sp³-hybridized carbons (Fsp3) is 0.600. The van der Waals surface area contributed by atoms with Crippen molar-refractivity contribution in [1.29, 1.82) is 0 Å². The minimum absolute atomic E-state index is 0.103. The molecule has 0 bridgehead atoms. The minimum Gasteiger partial charge on any atom is -0.340 e. The lowest BCUT2D eigenvalue weighted by Crippen LogP contribution is -2.32. The number of nitrogens with one attached hydrogen (secondary N) is 1. The van der Waals surface area contributed by atoms with Gasteiger partial charge in [0.1, 0.15) is 0 Å². The van der Waals surface area contributed by atoms with Crippen molar-refractivity contribution in [3.8, 4) is 0 Å². The molecule has 74 valence electrons. The van der Waals surface area contributed by atoms with Gasteiger partial charge in [-0.1, -0.05) is 11.8 Å². The SMILES string of the molecule is CNC(=O)N1CSC(C(F)(F)F)=N1. The van der Waals surface area contributed by atoms with Crippen LogP contribution in [-0.4, -0.2) is 35.2 Å². The van der Waals surface area contributed by atoms with Crippen molar-refractivity contribution in [3.63, 3.8) is 0 Å². The summed E-state index contributed by atoms with van der Waals surface area (Å²) in [5.74, 6) is -0.103. The number of halogens is 3. The molecule has 0 aromatic rings. The normalized spacial score (nSPS) is 17.2. The number of carbonyl (C=O) groups is 1. The molecule has 1 aliphatic rings. The number of rotatable bonds is 0. The highest BCUT2D eigenvalue weighted by Crippen LogP contribution is 2.30. The van der Waals surface area contributed by atoms with Gasteiger partial charge in [0.15, 0.2) is 5.04 Å². The lowest BCUT2D eigenvalue weighted by molar-refractivity contribution is -0.0559. The molecule has 1 rings (SSSR count). The van der Waals surface area contributed by atoms with E-state index in [0.717, 1.165) is 5.01 Å². The van der Waals surface area contributed by atoms with Crippen LogP contribution in [0.1, 0.15) is 0 Å². The Labute approximate surface area is 76.1 Å². The molecule has 1 aliphatic heterocycles. The highest BCUT2D eigenvalue weighted by atomic mass is 32.2. The van der Waals surface area contributed by atoms with Gasteiger partial charge in [0.05, 0.1) is 5.88 Å². The van der Waals surface area contributed by atoms with Crippen LogP contribution in [0.2, 0.25) is 0 Å². The van der Waals surface area contributed by atoms with Gasteiger partial charge in [-0.05, 0) is 0 Å². The zero-order valence-electron chi connectivity index (χ0n) is 6.55. The predicted octanol–water partition coefficient (Wildman–Crippen LogP) is 1.21. The van der Waals surface area contributed by atoms with Gasteiger partial charge in [-0.25, -0.2) is 9.80 Å².